The average Bonchev–Trinajstić information content (AvgIpc) is 3.00. The Labute approximate surface area is 90.4 Å². The molecule has 1 aliphatic carbocycles. The molecule has 0 aromatic carbocycles. The summed E-state index contributed by atoms with van der Waals surface area (Å²) >= 11 is 0. The van der Waals surface area contributed by atoms with E-state index in [1.165, 1.54) is 0 Å². The zero-order chi connectivity index (χ0) is 11.1. The van der Waals surface area contributed by atoms with Crippen molar-refractivity contribution in [1.29, 1.82) is 0 Å². The number of carboxylic acid groups (broad SMARTS) is 1. The van der Waals surface area contributed by atoms with Gasteiger partial charge in [-0.2, -0.15) is 0 Å². The smallest absolute Gasteiger partial charge is 0.324 e. The van der Waals surface area contributed by atoms with Gasteiger partial charge in [0.15, 0.2) is 0 Å². The Bertz CT molecular complexity index is 257. The van der Waals surface area contributed by atoms with Gasteiger partial charge in [-0.3, -0.25) is 9.69 Å². The highest BCUT2D eigenvalue weighted by molar-refractivity contribution is 5.79. The monoisotopic (exact) mass is 212 g/mol. The maximum absolute atomic E-state index is 11.4. The van der Waals surface area contributed by atoms with Gasteiger partial charge < -0.3 is 10.8 Å². The predicted molar refractivity (Wildman–Crippen MR) is 57.5 cm³/mol. The van der Waals surface area contributed by atoms with Gasteiger partial charge in [0, 0.05) is 19.1 Å². The fourth-order valence-corrected chi connectivity index (χ4v) is 2.58. The summed E-state index contributed by atoms with van der Waals surface area (Å²) in [5.74, 6) is -0.315. The number of carbonyl (C=O) groups is 1. The Morgan fingerprint density at radius 3 is 2.27 bits per heavy atom. The number of rotatable bonds is 3. The second kappa shape index (κ2) is 3.76. The molecule has 0 radical (unpaired) electrons. The topological polar surface area (TPSA) is 66.6 Å². The zero-order valence-corrected chi connectivity index (χ0v) is 9.28. The van der Waals surface area contributed by atoms with Crippen molar-refractivity contribution in [2.24, 2.45) is 11.7 Å². The second-order valence-electron chi connectivity index (χ2n) is 5.05. The summed E-state index contributed by atoms with van der Waals surface area (Å²) < 4.78 is 0. The molecule has 15 heavy (non-hydrogen) atoms. The summed E-state index contributed by atoms with van der Waals surface area (Å²) in [4.78, 5) is 13.5. The van der Waals surface area contributed by atoms with Crippen LogP contribution in [-0.2, 0) is 4.79 Å². The van der Waals surface area contributed by atoms with Crippen molar-refractivity contribution < 1.29 is 9.90 Å². The van der Waals surface area contributed by atoms with Gasteiger partial charge in [0.2, 0.25) is 0 Å². The van der Waals surface area contributed by atoms with Gasteiger partial charge in [-0.1, -0.05) is 0 Å². The molecule has 4 heteroatoms. The largest absolute Gasteiger partial charge is 0.480 e. The van der Waals surface area contributed by atoms with Gasteiger partial charge >= 0.3 is 5.97 Å². The fourth-order valence-electron chi connectivity index (χ4n) is 2.58. The van der Waals surface area contributed by atoms with E-state index in [0.29, 0.717) is 5.92 Å². The number of carboxylic acids is 1. The van der Waals surface area contributed by atoms with Gasteiger partial charge in [0.1, 0.15) is 5.54 Å². The summed E-state index contributed by atoms with van der Waals surface area (Å²) in [6, 6.07) is 0.262. The first-order valence-corrected chi connectivity index (χ1v) is 5.79. The lowest BCUT2D eigenvalue weighted by Gasteiger charge is -2.42. The summed E-state index contributed by atoms with van der Waals surface area (Å²) in [5, 5.41) is 9.39. The summed E-state index contributed by atoms with van der Waals surface area (Å²) in [6.07, 6.45) is 3.97. The summed E-state index contributed by atoms with van der Waals surface area (Å²) in [6.45, 7) is 3.55. The quantitative estimate of drug-likeness (QED) is 0.721. The minimum atomic E-state index is -0.666. The van der Waals surface area contributed by atoms with Gasteiger partial charge in [-0.25, -0.2) is 0 Å². The van der Waals surface area contributed by atoms with E-state index in [0.717, 1.165) is 38.8 Å². The molecule has 0 spiro atoms. The van der Waals surface area contributed by atoms with Crippen LogP contribution in [0, 0.1) is 5.92 Å². The van der Waals surface area contributed by atoms with E-state index in [2.05, 4.69) is 4.90 Å². The molecule has 1 aliphatic heterocycles. The van der Waals surface area contributed by atoms with Crippen LogP contribution < -0.4 is 5.73 Å². The van der Waals surface area contributed by atoms with Gasteiger partial charge in [-0.05, 0) is 38.5 Å². The maximum Gasteiger partial charge on any atom is 0.324 e. The molecule has 1 unspecified atom stereocenters. The highest BCUT2D eigenvalue weighted by Crippen LogP contribution is 2.44. The SMILES string of the molecule is CC(C(=O)O)(C1CC1)N1CCC(N)CC1. The molecule has 0 aromatic rings. The van der Waals surface area contributed by atoms with E-state index >= 15 is 0 Å². The van der Waals surface area contributed by atoms with Gasteiger partial charge in [0.05, 0.1) is 0 Å². The first-order chi connectivity index (χ1) is 7.05. The van der Waals surface area contributed by atoms with E-state index < -0.39 is 11.5 Å². The van der Waals surface area contributed by atoms with Crippen LogP contribution in [0.3, 0.4) is 0 Å². The van der Waals surface area contributed by atoms with Crippen molar-refractivity contribution in [2.75, 3.05) is 13.1 Å². The predicted octanol–water partition coefficient (Wildman–Crippen LogP) is 0.663. The van der Waals surface area contributed by atoms with E-state index in [1.54, 1.807) is 0 Å². The third kappa shape index (κ3) is 1.88. The Hall–Kier alpha value is -0.610. The highest BCUT2D eigenvalue weighted by Gasteiger charge is 2.51. The molecule has 0 aromatic heterocycles. The first kappa shape index (κ1) is 10.9. The van der Waals surface area contributed by atoms with Crippen LogP contribution in [0.5, 0.6) is 0 Å². The van der Waals surface area contributed by atoms with Crippen LogP contribution in [-0.4, -0.2) is 40.6 Å². The van der Waals surface area contributed by atoms with Crippen LogP contribution in [0.15, 0.2) is 0 Å². The maximum atomic E-state index is 11.4. The van der Waals surface area contributed by atoms with Crippen LogP contribution in [0.1, 0.15) is 32.6 Å². The molecule has 2 rings (SSSR count). The third-order valence-electron chi connectivity index (χ3n) is 4.00. The van der Waals surface area contributed by atoms with E-state index in [1.807, 2.05) is 6.92 Å². The van der Waals surface area contributed by atoms with Gasteiger partial charge in [-0.15, -0.1) is 0 Å². The number of nitrogens with zero attached hydrogens (tertiary/aromatic N) is 1. The minimum Gasteiger partial charge on any atom is -0.480 e. The van der Waals surface area contributed by atoms with Crippen LogP contribution >= 0.6 is 0 Å². The van der Waals surface area contributed by atoms with E-state index in [-0.39, 0.29) is 6.04 Å². The van der Waals surface area contributed by atoms with Crippen molar-refractivity contribution in [1.82, 2.24) is 4.90 Å². The Balaban J connectivity index is 2.08. The number of hydrogen-bond acceptors (Lipinski definition) is 3. The van der Waals surface area contributed by atoms with Crippen molar-refractivity contribution in [3.8, 4) is 0 Å². The van der Waals surface area contributed by atoms with Crippen molar-refractivity contribution in [3.63, 3.8) is 0 Å². The molecule has 4 nitrogen and oxygen atoms in total. The number of likely N-dealkylation sites (tertiary alicyclic amines) is 1. The molecule has 1 saturated heterocycles. The lowest BCUT2D eigenvalue weighted by atomic mass is 9.90. The summed E-state index contributed by atoms with van der Waals surface area (Å²) in [5.41, 5.74) is 5.20. The molecule has 1 saturated carbocycles. The normalized spacial score (nSPS) is 28.7. The van der Waals surface area contributed by atoms with E-state index in [4.69, 9.17) is 5.73 Å². The average molecular weight is 212 g/mol. The number of piperidine rings is 1. The first-order valence-electron chi connectivity index (χ1n) is 5.79. The Morgan fingerprint density at radius 1 is 1.33 bits per heavy atom. The zero-order valence-electron chi connectivity index (χ0n) is 9.28. The molecule has 0 amide bonds. The summed E-state index contributed by atoms with van der Waals surface area (Å²) in [7, 11) is 0. The Morgan fingerprint density at radius 2 is 1.87 bits per heavy atom. The molecular formula is C11H20N2O2. The molecule has 1 atom stereocenters. The van der Waals surface area contributed by atoms with Gasteiger partial charge in [0.25, 0.3) is 0 Å². The fraction of sp³-hybridized carbons (Fsp3) is 0.909. The molecule has 1 heterocycles. The highest BCUT2D eigenvalue weighted by atomic mass is 16.4. The molecule has 2 aliphatic rings. The third-order valence-corrected chi connectivity index (χ3v) is 4.00. The van der Waals surface area contributed by atoms with Crippen LogP contribution in [0.4, 0.5) is 0 Å². The molecule has 2 fully saturated rings. The molecular weight excluding hydrogens is 192 g/mol. The Kier molecular flexibility index (Phi) is 2.73. The van der Waals surface area contributed by atoms with Crippen molar-refractivity contribution in [3.05, 3.63) is 0 Å². The molecule has 86 valence electrons. The number of aliphatic carboxylic acids is 1. The molecule has 0 bridgehead atoms. The van der Waals surface area contributed by atoms with Crippen molar-refractivity contribution >= 4 is 5.97 Å². The van der Waals surface area contributed by atoms with E-state index in [9.17, 15) is 9.90 Å². The van der Waals surface area contributed by atoms with Crippen LogP contribution in [0.25, 0.3) is 0 Å². The number of hydrogen-bond donors (Lipinski definition) is 2. The second-order valence-corrected chi connectivity index (χ2v) is 5.05. The number of nitrogens with two attached hydrogens (primary N) is 1. The minimum absolute atomic E-state index is 0.262. The lowest BCUT2D eigenvalue weighted by Crippen LogP contribution is -2.57. The van der Waals surface area contributed by atoms with Crippen LogP contribution in [0.2, 0.25) is 0 Å². The molecule has 3 N–H and O–H groups in total. The van der Waals surface area contributed by atoms with Crippen molar-refractivity contribution in [2.45, 2.75) is 44.2 Å². The standard InChI is InChI=1S/C11H20N2O2/c1-11(10(14)15,8-2-3-8)13-6-4-9(12)5-7-13/h8-9H,2-7,12H2,1H3,(H,14,15). The lowest BCUT2D eigenvalue weighted by molar-refractivity contribution is -0.153.